The standard InChI is InChI=1S/C16H24N4O/c17-11-14(12-6-7-12)19-16(21)13-5-4-8-18-15(13)20-9-2-1-3-10-20/h4-5,8,12,14H,1-3,6-7,9-11,17H2,(H,19,21). The number of amides is 1. The van der Waals surface area contributed by atoms with E-state index in [1.54, 1.807) is 6.20 Å². The summed E-state index contributed by atoms with van der Waals surface area (Å²) in [5, 5.41) is 3.09. The van der Waals surface area contributed by atoms with Crippen LogP contribution in [0.4, 0.5) is 5.82 Å². The van der Waals surface area contributed by atoms with Gasteiger partial charge in [-0.2, -0.15) is 0 Å². The normalized spacial score (nSPS) is 20.1. The van der Waals surface area contributed by atoms with Gasteiger partial charge in [-0.1, -0.05) is 0 Å². The van der Waals surface area contributed by atoms with E-state index in [2.05, 4.69) is 15.2 Å². The molecule has 114 valence electrons. The van der Waals surface area contributed by atoms with Gasteiger partial charge in [0.15, 0.2) is 0 Å². The van der Waals surface area contributed by atoms with Crippen LogP contribution in [0.1, 0.15) is 42.5 Å². The number of rotatable bonds is 5. The topological polar surface area (TPSA) is 71.2 Å². The van der Waals surface area contributed by atoms with Crippen LogP contribution < -0.4 is 16.0 Å². The molecule has 1 unspecified atom stereocenters. The van der Waals surface area contributed by atoms with Gasteiger partial charge in [0.05, 0.1) is 5.56 Å². The summed E-state index contributed by atoms with van der Waals surface area (Å²) in [5.41, 5.74) is 6.46. The van der Waals surface area contributed by atoms with Crippen LogP contribution in [0, 0.1) is 5.92 Å². The Morgan fingerprint density at radius 1 is 1.38 bits per heavy atom. The second-order valence-electron chi connectivity index (χ2n) is 6.08. The van der Waals surface area contributed by atoms with Gasteiger partial charge in [-0.3, -0.25) is 4.79 Å². The number of nitrogens with two attached hydrogens (primary N) is 1. The van der Waals surface area contributed by atoms with Gasteiger partial charge in [-0.25, -0.2) is 4.98 Å². The molecule has 5 nitrogen and oxygen atoms in total. The summed E-state index contributed by atoms with van der Waals surface area (Å²) in [6.07, 6.45) is 7.72. The molecule has 21 heavy (non-hydrogen) atoms. The molecule has 3 N–H and O–H groups in total. The molecule has 1 aliphatic heterocycles. The molecule has 2 aliphatic rings. The highest BCUT2D eigenvalue weighted by atomic mass is 16.1. The van der Waals surface area contributed by atoms with E-state index in [0.29, 0.717) is 18.0 Å². The number of hydrogen-bond acceptors (Lipinski definition) is 4. The third-order valence-electron chi connectivity index (χ3n) is 4.45. The van der Waals surface area contributed by atoms with Crippen LogP contribution in [-0.2, 0) is 0 Å². The zero-order chi connectivity index (χ0) is 14.7. The fraction of sp³-hybridized carbons (Fsp3) is 0.625. The largest absolute Gasteiger partial charge is 0.356 e. The number of pyridine rings is 1. The molecule has 1 aliphatic carbocycles. The van der Waals surface area contributed by atoms with Gasteiger partial charge in [0.25, 0.3) is 5.91 Å². The smallest absolute Gasteiger partial charge is 0.255 e. The highest BCUT2D eigenvalue weighted by Crippen LogP contribution is 2.32. The lowest BCUT2D eigenvalue weighted by molar-refractivity contribution is 0.0933. The number of nitrogens with zero attached hydrogens (tertiary/aromatic N) is 2. The highest BCUT2D eigenvalue weighted by Gasteiger charge is 2.32. The van der Waals surface area contributed by atoms with Crippen molar-refractivity contribution in [3.8, 4) is 0 Å². The van der Waals surface area contributed by atoms with E-state index in [-0.39, 0.29) is 11.9 Å². The molecular weight excluding hydrogens is 264 g/mol. The first kappa shape index (κ1) is 14.3. The number of carbonyl (C=O) groups is 1. The maximum Gasteiger partial charge on any atom is 0.255 e. The third-order valence-corrected chi connectivity index (χ3v) is 4.45. The van der Waals surface area contributed by atoms with E-state index >= 15 is 0 Å². The molecule has 1 amide bonds. The predicted octanol–water partition coefficient (Wildman–Crippen LogP) is 1.54. The first-order valence-electron chi connectivity index (χ1n) is 8.00. The Kier molecular flexibility index (Phi) is 4.39. The van der Waals surface area contributed by atoms with E-state index in [1.807, 2.05) is 12.1 Å². The second-order valence-corrected chi connectivity index (χ2v) is 6.08. The maximum atomic E-state index is 12.6. The van der Waals surface area contributed by atoms with Gasteiger partial charge in [-0.05, 0) is 50.2 Å². The molecular formula is C16H24N4O. The first-order chi connectivity index (χ1) is 10.3. The number of carbonyl (C=O) groups excluding carboxylic acids is 1. The molecule has 3 rings (SSSR count). The van der Waals surface area contributed by atoms with Crippen molar-refractivity contribution < 1.29 is 4.79 Å². The van der Waals surface area contributed by atoms with Crippen molar-refractivity contribution in [2.45, 2.75) is 38.1 Å². The fourth-order valence-electron chi connectivity index (χ4n) is 3.05. The number of aromatic nitrogens is 1. The Bertz CT molecular complexity index is 495. The molecule has 0 spiro atoms. The summed E-state index contributed by atoms with van der Waals surface area (Å²) >= 11 is 0. The lowest BCUT2D eigenvalue weighted by atomic mass is 10.1. The average molecular weight is 288 g/mol. The van der Waals surface area contributed by atoms with E-state index in [0.717, 1.165) is 18.9 Å². The second kappa shape index (κ2) is 6.43. The number of anilines is 1. The predicted molar refractivity (Wildman–Crippen MR) is 83.3 cm³/mol. The van der Waals surface area contributed by atoms with Crippen LogP contribution in [0.2, 0.25) is 0 Å². The maximum absolute atomic E-state index is 12.6. The number of piperidine rings is 1. The van der Waals surface area contributed by atoms with Crippen LogP contribution in [0.15, 0.2) is 18.3 Å². The molecule has 5 heteroatoms. The van der Waals surface area contributed by atoms with Gasteiger partial charge in [0.1, 0.15) is 5.82 Å². The van der Waals surface area contributed by atoms with E-state index in [4.69, 9.17) is 5.73 Å². The lowest BCUT2D eigenvalue weighted by Crippen LogP contribution is -2.42. The van der Waals surface area contributed by atoms with Crippen molar-refractivity contribution in [2.24, 2.45) is 11.7 Å². The molecule has 0 aromatic carbocycles. The van der Waals surface area contributed by atoms with Crippen molar-refractivity contribution in [3.05, 3.63) is 23.9 Å². The Balaban J connectivity index is 1.75. The van der Waals surface area contributed by atoms with E-state index in [9.17, 15) is 4.79 Å². The molecule has 1 aromatic rings. The molecule has 1 saturated carbocycles. The summed E-state index contributed by atoms with van der Waals surface area (Å²) in [6.45, 7) is 2.48. The summed E-state index contributed by atoms with van der Waals surface area (Å²) in [4.78, 5) is 19.3. The minimum Gasteiger partial charge on any atom is -0.356 e. The monoisotopic (exact) mass is 288 g/mol. The zero-order valence-electron chi connectivity index (χ0n) is 12.4. The van der Waals surface area contributed by atoms with Crippen molar-refractivity contribution >= 4 is 11.7 Å². The van der Waals surface area contributed by atoms with Gasteiger partial charge in [0.2, 0.25) is 0 Å². The Hall–Kier alpha value is -1.62. The Morgan fingerprint density at radius 2 is 2.14 bits per heavy atom. The first-order valence-corrected chi connectivity index (χ1v) is 8.00. The van der Waals surface area contributed by atoms with Crippen LogP contribution >= 0.6 is 0 Å². The van der Waals surface area contributed by atoms with Gasteiger partial charge < -0.3 is 16.0 Å². The van der Waals surface area contributed by atoms with Crippen LogP contribution in [0.3, 0.4) is 0 Å². The SMILES string of the molecule is NCC(NC(=O)c1cccnc1N1CCCCC1)C1CC1. The average Bonchev–Trinajstić information content (AvgIpc) is 3.38. The number of hydrogen-bond donors (Lipinski definition) is 2. The molecule has 2 heterocycles. The van der Waals surface area contributed by atoms with Crippen molar-refractivity contribution in [2.75, 3.05) is 24.5 Å². The zero-order valence-corrected chi connectivity index (χ0v) is 12.4. The quantitative estimate of drug-likeness (QED) is 0.862. The molecule has 1 saturated heterocycles. The summed E-state index contributed by atoms with van der Waals surface area (Å²) in [6, 6.07) is 3.80. The minimum absolute atomic E-state index is 0.0361. The molecule has 1 aromatic heterocycles. The molecule has 1 atom stereocenters. The fourth-order valence-corrected chi connectivity index (χ4v) is 3.05. The van der Waals surface area contributed by atoms with Crippen molar-refractivity contribution in [1.29, 1.82) is 0 Å². The Morgan fingerprint density at radius 3 is 2.81 bits per heavy atom. The van der Waals surface area contributed by atoms with Gasteiger partial charge >= 0.3 is 0 Å². The molecule has 2 fully saturated rings. The summed E-state index contributed by atoms with van der Waals surface area (Å²) < 4.78 is 0. The van der Waals surface area contributed by atoms with Crippen LogP contribution in [-0.4, -0.2) is 36.6 Å². The third kappa shape index (κ3) is 3.35. The van der Waals surface area contributed by atoms with Gasteiger partial charge in [0, 0.05) is 31.9 Å². The summed E-state index contributed by atoms with van der Waals surface area (Å²) in [5.74, 6) is 1.35. The Labute approximate surface area is 125 Å². The highest BCUT2D eigenvalue weighted by molar-refractivity contribution is 5.99. The molecule has 0 radical (unpaired) electrons. The van der Waals surface area contributed by atoms with E-state index < -0.39 is 0 Å². The van der Waals surface area contributed by atoms with Crippen molar-refractivity contribution in [1.82, 2.24) is 10.3 Å². The van der Waals surface area contributed by atoms with E-state index in [1.165, 1.54) is 32.1 Å². The van der Waals surface area contributed by atoms with Gasteiger partial charge in [-0.15, -0.1) is 0 Å². The van der Waals surface area contributed by atoms with Crippen LogP contribution in [0.5, 0.6) is 0 Å². The van der Waals surface area contributed by atoms with Crippen LogP contribution in [0.25, 0.3) is 0 Å². The van der Waals surface area contributed by atoms with Crippen molar-refractivity contribution in [3.63, 3.8) is 0 Å². The number of nitrogens with one attached hydrogen (secondary N) is 1. The molecule has 0 bridgehead atoms. The minimum atomic E-state index is -0.0361. The lowest BCUT2D eigenvalue weighted by Gasteiger charge is -2.29. The summed E-state index contributed by atoms with van der Waals surface area (Å²) in [7, 11) is 0.